The van der Waals surface area contributed by atoms with Crippen molar-refractivity contribution in [3.8, 4) is 0 Å². The van der Waals surface area contributed by atoms with E-state index in [1.165, 1.54) is 0 Å². The Kier molecular flexibility index (Phi) is 2.87. The molecule has 120 valence electrons. The molecular weight excluding hydrogens is 423 g/mol. The molecule has 0 unspecified atom stereocenters. The highest BCUT2D eigenvalue weighted by atomic mass is 79.9. The molecule has 6 heteroatoms. The van der Waals surface area contributed by atoms with Crippen molar-refractivity contribution in [3.63, 3.8) is 0 Å². The highest BCUT2D eigenvalue weighted by Gasteiger charge is 2.89. The summed E-state index contributed by atoms with van der Waals surface area (Å²) in [6, 6.07) is 0. The smallest absolute Gasteiger partial charge is 0.157 e. The van der Waals surface area contributed by atoms with Crippen LogP contribution in [0.3, 0.4) is 0 Å². The van der Waals surface area contributed by atoms with Gasteiger partial charge in [0.25, 0.3) is 0 Å². The number of halogens is 3. The summed E-state index contributed by atoms with van der Waals surface area (Å²) in [4.78, 5) is -0.156. The second kappa shape index (κ2) is 3.85. The van der Waals surface area contributed by atoms with Crippen molar-refractivity contribution >= 4 is 43.5 Å². The number of ether oxygens (including phenoxy) is 2. The van der Waals surface area contributed by atoms with Gasteiger partial charge in [0.15, 0.2) is 4.51 Å². The molecule has 2 aliphatic heterocycles. The largest absolute Gasteiger partial charge is 0.386 e. The maximum absolute atomic E-state index is 10.8. The molecule has 0 aromatic carbocycles. The van der Waals surface area contributed by atoms with Gasteiger partial charge < -0.3 is 14.6 Å². The number of hydrogen-bond acceptors (Lipinski definition) is 3. The van der Waals surface area contributed by atoms with E-state index in [0.29, 0.717) is 0 Å². The third kappa shape index (κ3) is 1.41. The number of rotatable bonds is 0. The molecule has 4 rings (SSSR count). The van der Waals surface area contributed by atoms with E-state index >= 15 is 0 Å². The van der Waals surface area contributed by atoms with Gasteiger partial charge in [0.05, 0.1) is 11.0 Å². The van der Waals surface area contributed by atoms with Gasteiger partial charge in [-0.2, -0.15) is 0 Å². The molecule has 0 radical (unpaired) electrons. The van der Waals surface area contributed by atoms with Gasteiger partial charge in [-0.25, -0.2) is 0 Å². The Hall–Kier alpha value is 1.13. The van der Waals surface area contributed by atoms with Crippen LogP contribution in [0.2, 0.25) is 0 Å². The minimum atomic E-state index is -0.768. The van der Waals surface area contributed by atoms with Crippen molar-refractivity contribution < 1.29 is 14.6 Å². The maximum atomic E-state index is 10.8. The molecule has 0 aromatic heterocycles. The average Bonchev–Trinajstić information content (AvgIpc) is 3.00. The SMILES string of the molecule is CC1(C)[C@@]2(Br)O[C@@H]3C[C@](C)(Cl)[C@@H](Br)C[C@]31[C@]1(C)O[C@@H]1[C@H]2O. The number of epoxide rings is 1. The van der Waals surface area contributed by atoms with Gasteiger partial charge >= 0.3 is 0 Å². The van der Waals surface area contributed by atoms with Gasteiger partial charge in [-0.05, 0) is 26.7 Å². The molecule has 2 saturated carbocycles. The van der Waals surface area contributed by atoms with E-state index in [2.05, 4.69) is 59.6 Å². The van der Waals surface area contributed by atoms with E-state index < -0.39 is 10.6 Å². The van der Waals surface area contributed by atoms with Crippen LogP contribution in [0.4, 0.5) is 0 Å². The van der Waals surface area contributed by atoms with Crippen molar-refractivity contribution in [2.75, 3.05) is 0 Å². The Morgan fingerprint density at radius 3 is 2.38 bits per heavy atom. The van der Waals surface area contributed by atoms with Crippen LogP contribution in [-0.2, 0) is 9.47 Å². The Bertz CT molecular complexity index is 527. The summed E-state index contributed by atoms with van der Waals surface area (Å²) < 4.78 is 11.7. The zero-order valence-electron chi connectivity index (χ0n) is 12.6. The second-order valence-electron chi connectivity index (χ2n) is 8.09. The number of aliphatic hydroxyl groups is 1. The van der Waals surface area contributed by atoms with Crippen molar-refractivity contribution in [1.82, 2.24) is 0 Å². The van der Waals surface area contributed by atoms with Gasteiger partial charge in [-0.1, -0.05) is 45.7 Å². The molecule has 2 saturated heterocycles. The molecular formula is C15H21Br2ClO3. The molecule has 4 aliphatic rings. The summed E-state index contributed by atoms with van der Waals surface area (Å²) in [5.41, 5.74) is -0.755. The van der Waals surface area contributed by atoms with Gasteiger partial charge in [0, 0.05) is 15.7 Å². The predicted molar refractivity (Wildman–Crippen MR) is 88.2 cm³/mol. The molecule has 0 amide bonds. The first kappa shape index (κ1) is 15.6. The highest BCUT2D eigenvalue weighted by Crippen LogP contribution is 2.80. The highest BCUT2D eigenvalue weighted by molar-refractivity contribution is 9.10. The van der Waals surface area contributed by atoms with Crippen molar-refractivity contribution in [2.24, 2.45) is 10.8 Å². The van der Waals surface area contributed by atoms with Crippen LogP contribution >= 0.6 is 43.5 Å². The fourth-order valence-electron chi connectivity index (χ4n) is 5.48. The lowest BCUT2D eigenvalue weighted by Crippen LogP contribution is -2.66. The first-order valence-electron chi connectivity index (χ1n) is 7.50. The van der Waals surface area contributed by atoms with Crippen LogP contribution in [-0.4, -0.2) is 43.2 Å². The third-order valence-electron chi connectivity index (χ3n) is 6.98. The van der Waals surface area contributed by atoms with Crippen LogP contribution in [0.1, 0.15) is 40.5 Å². The van der Waals surface area contributed by atoms with Crippen LogP contribution in [0.5, 0.6) is 0 Å². The van der Waals surface area contributed by atoms with Gasteiger partial charge in [-0.15, -0.1) is 11.6 Å². The number of aliphatic hydroxyl groups excluding tert-OH is 1. The molecule has 3 nitrogen and oxygen atoms in total. The minimum Gasteiger partial charge on any atom is -0.386 e. The Labute approximate surface area is 147 Å². The predicted octanol–water partition coefficient (Wildman–Crippen LogP) is 3.58. The summed E-state index contributed by atoms with van der Waals surface area (Å²) in [5, 5.41) is 10.8. The van der Waals surface area contributed by atoms with Crippen molar-refractivity contribution in [1.29, 1.82) is 0 Å². The molecule has 0 aromatic rings. The van der Waals surface area contributed by atoms with Crippen LogP contribution in [0.15, 0.2) is 0 Å². The molecule has 8 atom stereocenters. The van der Waals surface area contributed by atoms with E-state index in [9.17, 15) is 5.11 Å². The monoisotopic (exact) mass is 442 g/mol. The normalized spacial score (nSPS) is 67.4. The minimum absolute atomic E-state index is 0.0182. The Morgan fingerprint density at radius 1 is 1.14 bits per heavy atom. The summed E-state index contributed by atoms with van der Waals surface area (Å²) in [6.07, 6.45) is 0.797. The van der Waals surface area contributed by atoms with E-state index in [0.717, 1.165) is 12.8 Å². The first-order valence-corrected chi connectivity index (χ1v) is 9.58. The molecule has 2 aliphatic carbocycles. The topological polar surface area (TPSA) is 42.0 Å². The van der Waals surface area contributed by atoms with E-state index in [4.69, 9.17) is 21.1 Å². The molecule has 1 spiro atoms. The summed E-state index contributed by atoms with van der Waals surface area (Å²) in [5.74, 6) is 0. The molecule has 1 N–H and O–H groups in total. The van der Waals surface area contributed by atoms with Gasteiger partial charge in [0.2, 0.25) is 0 Å². The lowest BCUT2D eigenvalue weighted by Gasteiger charge is -2.57. The average molecular weight is 445 g/mol. The Balaban J connectivity index is 1.92. The Morgan fingerprint density at radius 2 is 1.76 bits per heavy atom. The quantitative estimate of drug-likeness (QED) is 0.459. The third-order valence-corrected chi connectivity index (χ3v) is 10.6. The van der Waals surface area contributed by atoms with E-state index in [1.807, 2.05) is 0 Å². The van der Waals surface area contributed by atoms with Gasteiger partial charge in [-0.3, -0.25) is 0 Å². The fourth-order valence-corrected chi connectivity index (χ4v) is 7.22. The van der Waals surface area contributed by atoms with Crippen LogP contribution in [0, 0.1) is 10.8 Å². The fraction of sp³-hybridized carbons (Fsp3) is 1.00. The zero-order valence-corrected chi connectivity index (χ0v) is 16.5. The van der Waals surface area contributed by atoms with Crippen LogP contribution < -0.4 is 0 Å². The summed E-state index contributed by atoms with van der Waals surface area (Å²) >= 11 is 14.3. The number of hydrogen-bond donors (Lipinski definition) is 1. The lowest BCUT2D eigenvalue weighted by atomic mass is 9.47. The molecule has 2 heterocycles. The number of fused-ring (bicyclic) bond motifs is 2. The summed E-state index contributed by atoms with van der Waals surface area (Å²) in [7, 11) is 0. The van der Waals surface area contributed by atoms with Crippen LogP contribution in [0.25, 0.3) is 0 Å². The van der Waals surface area contributed by atoms with E-state index in [1.54, 1.807) is 0 Å². The summed E-state index contributed by atoms with van der Waals surface area (Å²) in [6.45, 7) is 8.56. The first-order chi connectivity index (χ1) is 9.44. The van der Waals surface area contributed by atoms with E-state index in [-0.39, 0.29) is 38.3 Å². The molecule has 2 bridgehead atoms. The standard InChI is InChI=1S/C15H21Br2ClO3/c1-11(2)14-5-7(16)12(3,18)6-8(14)20-15(11,17)9(19)10-13(14,4)21-10/h7-10,19H,5-6H2,1-4H3/t7-,8+,9+,10+,12-,13+,14-,15-/m0/s1. The molecule has 4 fully saturated rings. The lowest BCUT2D eigenvalue weighted by molar-refractivity contribution is -0.0937. The van der Waals surface area contributed by atoms with Crippen molar-refractivity contribution in [2.45, 2.75) is 78.7 Å². The molecule has 21 heavy (non-hydrogen) atoms. The maximum Gasteiger partial charge on any atom is 0.157 e. The zero-order chi connectivity index (χ0) is 15.6. The number of alkyl halides is 3. The van der Waals surface area contributed by atoms with Crippen molar-refractivity contribution in [3.05, 3.63) is 0 Å². The van der Waals surface area contributed by atoms with Gasteiger partial charge in [0.1, 0.15) is 17.8 Å². The second-order valence-corrected chi connectivity index (χ2v) is 11.2.